The smallest absolute Gasteiger partial charge is 0.341 e. The lowest BCUT2D eigenvalue weighted by molar-refractivity contribution is -0.144. The van der Waals surface area contributed by atoms with Crippen molar-refractivity contribution in [2.24, 2.45) is 0 Å². The first-order valence-electron chi connectivity index (χ1n) is 5.20. The minimum absolute atomic E-state index is 0.0293. The molecule has 1 atom stereocenters. The normalized spacial score (nSPS) is 11.4. The lowest BCUT2D eigenvalue weighted by Gasteiger charge is -2.14. The van der Waals surface area contributed by atoms with Crippen molar-refractivity contribution in [2.45, 2.75) is 12.5 Å². The van der Waals surface area contributed by atoms with E-state index in [-0.39, 0.29) is 11.4 Å². The largest absolute Gasteiger partial charge is 0.481 e. The van der Waals surface area contributed by atoms with Gasteiger partial charge in [0, 0.05) is 6.20 Å². The number of nitrogens with zero attached hydrogens (tertiary/aromatic N) is 1. The van der Waals surface area contributed by atoms with Gasteiger partial charge in [0.1, 0.15) is 17.4 Å². The molecule has 0 aliphatic rings. The number of pyridine rings is 1. The number of esters is 1. The highest BCUT2D eigenvalue weighted by atomic mass is 16.5. The molecular formula is C11H12N2O6. The first-order chi connectivity index (χ1) is 8.95. The Labute approximate surface area is 108 Å². The Morgan fingerprint density at radius 2 is 2.11 bits per heavy atom. The highest BCUT2D eigenvalue weighted by Gasteiger charge is 2.23. The maximum atomic E-state index is 11.4. The summed E-state index contributed by atoms with van der Waals surface area (Å²) in [6.07, 6.45) is 0.695. The van der Waals surface area contributed by atoms with E-state index in [1.165, 1.54) is 25.4 Å². The molecule has 0 aliphatic carbocycles. The predicted molar refractivity (Wildman–Crippen MR) is 62.9 cm³/mol. The Balaban J connectivity index is 2.99. The van der Waals surface area contributed by atoms with Crippen molar-refractivity contribution in [3.63, 3.8) is 0 Å². The van der Waals surface area contributed by atoms with Gasteiger partial charge in [0.15, 0.2) is 0 Å². The van der Waals surface area contributed by atoms with Crippen molar-refractivity contribution >= 4 is 23.7 Å². The number of carbonyl (C=O) groups is 3. The van der Waals surface area contributed by atoms with Gasteiger partial charge in [-0.1, -0.05) is 0 Å². The van der Waals surface area contributed by atoms with Crippen LogP contribution < -0.4 is 5.32 Å². The van der Waals surface area contributed by atoms with E-state index in [9.17, 15) is 14.4 Å². The number of anilines is 1. The number of hydrogen-bond acceptors (Lipinski definition) is 6. The molecule has 8 nitrogen and oxygen atoms in total. The number of ether oxygens (including phenoxy) is 1. The first kappa shape index (κ1) is 14.4. The number of methoxy groups -OCH3 is 1. The van der Waals surface area contributed by atoms with E-state index < -0.39 is 30.4 Å². The second kappa shape index (κ2) is 6.34. The van der Waals surface area contributed by atoms with Crippen molar-refractivity contribution in [1.82, 2.24) is 4.98 Å². The third kappa shape index (κ3) is 3.95. The van der Waals surface area contributed by atoms with Gasteiger partial charge >= 0.3 is 17.9 Å². The van der Waals surface area contributed by atoms with Crippen LogP contribution in [0.25, 0.3) is 0 Å². The highest BCUT2D eigenvalue weighted by molar-refractivity contribution is 5.95. The first-order valence-corrected chi connectivity index (χ1v) is 5.20. The van der Waals surface area contributed by atoms with Gasteiger partial charge in [0.2, 0.25) is 0 Å². The summed E-state index contributed by atoms with van der Waals surface area (Å²) in [6.45, 7) is 0. The maximum Gasteiger partial charge on any atom is 0.341 e. The van der Waals surface area contributed by atoms with Crippen molar-refractivity contribution < 1.29 is 29.3 Å². The topological polar surface area (TPSA) is 126 Å². The van der Waals surface area contributed by atoms with Gasteiger partial charge in [-0.15, -0.1) is 0 Å². The Kier molecular flexibility index (Phi) is 4.81. The fraction of sp³-hybridized carbons (Fsp3) is 0.273. The molecular weight excluding hydrogens is 256 g/mol. The minimum atomic E-state index is -1.39. The third-order valence-electron chi connectivity index (χ3n) is 2.20. The van der Waals surface area contributed by atoms with E-state index in [4.69, 9.17) is 10.2 Å². The maximum absolute atomic E-state index is 11.4. The monoisotopic (exact) mass is 268 g/mol. The second-order valence-electron chi connectivity index (χ2n) is 3.52. The zero-order chi connectivity index (χ0) is 14.4. The van der Waals surface area contributed by atoms with E-state index in [1.807, 2.05) is 0 Å². The summed E-state index contributed by atoms with van der Waals surface area (Å²) >= 11 is 0. The molecule has 1 aromatic rings. The summed E-state index contributed by atoms with van der Waals surface area (Å²) in [4.78, 5) is 36.7. The van der Waals surface area contributed by atoms with Crippen LogP contribution in [0.4, 0.5) is 5.82 Å². The number of aliphatic carboxylic acids is 2. The fourth-order valence-corrected chi connectivity index (χ4v) is 1.33. The van der Waals surface area contributed by atoms with Crippen LogP contribution in [-0.2, 0) is 14.3 Å². The van der Waals surface area contributed by atoms with Crippen LogP contribution in [0.15, 0.2) is 18.3 Å². The average Bonchev–Trinajstić information content (AvgIpc) is 2.37. The lowest BCUT2D eigenvalue weighted by Crippen LogP contribution is -2.32. The van der Waals surface area contributed by atoms with Gasteiger partial charge in [-0.3, -0.25) is 4.79 Å². The van der Waals surface area contributed by atoms with Crippen LogP contribution in [0, 0.1) is 0 Å². The average molecular weight is 268 g/mol. The molecule has 0 saturated carbocycles. The molecule has 1 unspecified atom stereocenters. The van der Waals surface area contributed by atoms with Gasteiger partial charge < -0.3 is 20.3 Å². The number of hydrogen-bond donors (Lipinski definition) is 3. The SMILES string of the molecule is COC(=O)c1cccnc1NC(CC(=O)O)C(=O)O. The summed E-state index contributed by atoms with van der Waals surface area (Å²) in [5.74, 6) is -3.38. The minimum Gasteiger partial charge on any atom is -0.481 e. The zero-order valence-electron chi connectivity index (χ0n) is 9.99. The molecule has 0 saturated heterocycles. The lowest BCUT2D eigenvalue weighted by atomic mass is 10.2. The summed E-state index contributed by atoms with van der Waals surface area (Å²) in [7, 11) is 1.17. The van der Waals surface area contributed by atoms with E-state index in [1.54, 1.807) is 0 Å². The van der Waals surface area contributed by atoms with Crippen LogP contribution in [0.1, 0.15) is 16.8 Å². The number of aromatic nitrogens is 1. The Hall–Kier alpha value is -2.64. The summed E-state index contributed by atoms with van der Waals surface area (Å²) < 4.78 is 4.52. The van der Waals surface area contributed by atoms with E-state index in [0.717, 1.165) is 0 Å². The van der Waals surface area contributed by atoms with Crippen LogP contribution in [0.3, 0.4) is 0 Å². The number of carboxylic acids is 2. The van der Waals surface area contributed by atoms with E-state index >= 15 is 0 Å². The van der Waals surface area contributed by atoms with Gasteiger partial charge in [-0.2, -0.15) is 0 Å². The van der Waals surface area contributed by atoms with Crippen LogP contribution in [0.5, 0.6) is 0 Å². The Morgan fingerprint density at radius 3 is 2.63 bits per heavy atom. The van der Waals surface area contributed by atoms with Gasteiger partial charge in [0.25, 0.3) is 0 Å². The van der Waals surface area contributed by atoms with Gasteiger partial charge in [-0.25, -0.2) is 14.6 Å². The van der Waals surface area contributed by atoms with Crippen molar-refractivity contribution in [3.05, 3.63) is 23.9 Å². The molecule has 0 aliphatic heterocycles. The molecule has 102 valence electrons. The molecule has 1 rings (SSSR count). The molecule has 0 radical (unpaired) electrons. The number of carbonyl (C=O) groups excluding carboxylic acids is 1. The molecule has 0 aromatic carbocycles. The van der Waals surface area contributed by atoms with Crippen LogP contribution >= 0.6 is 0 Å². The summed E-state index contributed by atoms with van der Waals surface area (Å²) in [6, 6.07) is 1.47. The summed E-state index contributed by atoms with van der Waals surface area (Å²) in [5, 5.41) is 19.9. The molecule has 0 bridgehead atoms. The molecule has 1 aromatic heterocycles. The van der Waals surface area contributed by atoms with Crippen LogP contribution in [0.2, 0.25) is 0 Å². The molecule has 0 spiro atoms. The van der Waals surface area contributed by atoms with Crippen LogP contribution in [-0.4, -0.2) is 46.3 Å². The second-order valence-corrected chi connectivity index (χ2v) is 3.52. The molecule has 1 heterocycles. The number of rotatable bonds is 6. The predicted octanol–water partition coefficient (Wildman–Crippen LogP) is 0.208. The van der Waals surface area contributed by atoms with Crippen molar-refractivity contribution in [2.75, 3.05) is 12.4 Å². The third-order valence-corrected chi connectivity index (χ3v) is 2.20. The number of nitrogens with one attached hydrogen (secondary N) is 1. The molecule has 0 amide bonds. The standard InChI is InChI=1S/C11H12N2O6/c1-19-11(18)6-3-2-4-12-9(6)13-7(10(16)17)5-8(14)15/h2-4,7H,5H2,1H3,(H,12,13)(H,14,15)(H,16,17). The van der Waals surface area contributed by atoms with E-state index in [2.05, 4.69) is 15.0 Å². The Morgan fingerprint density at radius 1 is 1.42 bits per heavy atom. The van der Waals surface area contributed by atoms with Crippen molar-refractivity contribution in [1.29, 1.82) is 0 Å². The molecule has 0 fully saturated rings. The quantitative estimate of drug-likeness (QED) is 0.625. The zero-order valence-corrected chi connectivity index (χ0v) is 9.99. The van der Waals surface area contributed by atoms with Gasteiger partial charge in [0.05, 0.1) is 13.5 Å². The van der Waals surface area contributed by atoms with Gasteiger partial charge in [-0.05, 0) is 12.1 Å². The molecule has 8 heteroatoms. The van der Waals surface area contributed by atoms with E-state index in [0.29, 0.717) is 0 Å². The fourth-order valence-electron chi connectivity index (χ4n) is 1.33. The molecule has 3 N–H and O–H groups in total. The molecule has 19 heavy (non-hydrogen) atoms. The number of carboxylic acid groups (broad SMARTS) is 2. The Bertz CT molecular complexity index is 502. The highest BCUT2D eigenvalue weighted by Crippen LogP contribution is 2.14. The summed E-state index contributed by atoms with van der Waals surface area (Å²) in [5.41, 5.74) is 0.0293. The van der Waals surface area contributed by atoms with Crippen molar-refractivity contribution in [3.8, 4) is 0 Å².